The monoisotopic (exact) mass is 287 g/mol. The summed E-state index contributed by atoms with van der Waals surface area (Å²) in [6, 6.07) is 4.29. The first-order valence-corrected chi connectivity index (χ1v) is 8.22. The SMILES string of the molecule is CCNc1cc(C(=O)N2CCC3CCCCC32)cc(C)n1. The van der Waals surface area contributed by atoms with Crippen LogP contribution in [0.3, 0.4) is 0 Å². The van der Waals surface area contributed by atoms with E-state index in [1.54, 1.807) is 0 Å². The van der Waals surface area contributed by atoms with Crippen LogP contribution in [0.2, 0.25) is 0 Å². The van der Waals surface area contributed by atoms with Gasteiger partial charge in [0, 0.05) is 30.4 Å². The second-order valence-electron chi connectivity index (χ2n) is 6.31. The zero-order valence-electron chi connectivity index (χ0n) is 13.1. The first-order valence-electron chi connectivity index (χ1n) is 8.22. The minimum Gasteiger partial charge on any atom is -0.370 e. The van der Waals surface area contributed by atoms with Crippen LogP contribution in [0.15, 0.2) is 12.1 Å². The highest BCUT2D eigenvalue weighted by Gasteiger charge is 2.38. The van der Waals surface area contributed by atoms with Crippen LogP contribution < -0.4 is 5.32 Å². The van der Waals surface area contributed by atoms with Crippen molar-refractivity contribution in [2.75, 3.05) is 18.4 Å². The van der Waals surface area contributed by atoms with Crippen molar-refractivity contribution in [3.63, 3.8) is 0 Å². The van der Waals surface area contributed by atoms with Gasteiger partial charge in [-0.1, -0.05) is 12.8 Å². The van der Waals surface area contributed by atoms with E-state index in [9.17, 15) is 4.79 Å². The summed E-state index contributed by atoms with van der Waals surface area (Å²) >= 11 is 0. The number of fused-ring (bicyclic) bond motifs is 1. The Morgan fingerprint density at radius 3 is 2.95 bits per heavy atom. The van der Waals surface area contributed by atoms with E-state index < -0.39 is 0 Å². The third-order valence-electron chi connectivity index (χ3n) is 4.83. The van der Waals surface area contributed by atoms with Crippen LogP contribution in [-0.4, -0.2) is 34.9 Å². The van der Waals surface area contributed by atoms with Crippen molar-refractivity contribution in [1.29, 1.82) is 0 Å². The number of anilines is 1. The largest absolute Gasteiger partial charge is 0.370 e. The van der Waals surface area contributed by atoms with E-state index >= 15 is 0 Å². The lowest BCUT2D eigenvalue weighted by Gasteiger charge is -2.31. The highest BCUT2D eigenvalue weighted by atomic mass is 16.2. The quantitative estimate of drug-likeness (QED) is 0.928. The Morgan fingerprint density at radius 2 is 2.14 bits per heavy atom. The molecule has 4 nitrogen and oxygen atoms in total. The number of pyridine rings is 1. The van der Waals surface area contributed by atoms with E-state index in [0.29, 0.717) is 6.04 Å². The average molecular weight is 287 g/mol. The lowest BCUT2D eigenvalue weighted by molar-refractivity contribution is 0.0690. The molecule has 2 fully saturated rings. The van der Waals surface area contributed by atoms with Gasteiger partial charge in [-0.15, -0.1) is 0 Å². The molecule has 2 aliphatic rings. The van der Waals surface area contributed by atoms with Gasteiger partial charge in [0.1, 0.15) is 5.82 Å². The molecule has 2 unspecified atom stereocenters. The van der Waals surface area contributed by atoms with Crippen molar-refractivity contribution < 1.29 is 4.79 Å². The van der Waals surface area contributed by atoms with Crippen LogP contribution in [0.25, 0.3) is 0 Å². The third kappa shape index (κ3) is 2.89. The molecule has 0 bridgehead atoms. The maximum absolute atomic E-state index is 12.9. The molecule has 1 aliphatic heterocycles. The molecule has 4 heteroatoms. The number of hydrogen-bond donors (Lipinski definition) is 1. The number of aryl methyl sites for hydroxylation is 1. The third-order valence-corrected chi connectivity index (χ3v) is 4.83. The molecule has 0 aromatic carbocycles. The number of amides is 1. The smallest absolute Gasteiger partial charge is 0.254 e. The topological polar surface area (TPSA) is 45.2 Å². The molecule has 2 heterocycles. The number of aromatic nitrogens is 1. The summed E-state index contributed by atoms with van der Waals surface area (Å²) in [6.07, 6.45) is 6.26. The van der Waals surface area contributed by atoms with Gasteiger partial charge in [0.2, 0.25) is 0 Å². The fourth-order valence-corrected chi connectivity index (χ4v) is 3.89. The number of hydrogen-bond acceptors (Lipinski definition) is 3. The zero-order valence-corrected chi connectivity index (χ0v) is 13.1. The Hall–Kier alpha value is -1.58. The normalized spacial score (nSPS) is 24.8. The van der Waals surface area contributed by atoms with Crippen molar-refractivity contribution in [3.05, 3.63) is 23.4 Å². The molecular formula is C17H25N3O. The molecule has 1 aliphatic carbocycles. The van der Waals surface area contributed by atoms with Crippen molar-refractivity contribution in [1.82, 2.24) is 9.88 Å². The summed E-state index contributed by atoms with van der Waals surface area (Å²) in [5.74, 6) is 1.73. The minimum atomic E-state index is 0.189. The highest BCUT2D eigenvalue weighted by molar-refractivity contribution is 5.95. The van der Waals surface area contributed by atoms with Crippen molar-refractivity contribution in [3.8, 4) is 0 Å². The number of nitrogens with one attached hydrogen (secondary N) is 1. The molecule has 1 N–H and O–H groups in total. The molecule has 1 aromatic heterocycles. The number of likely N-dealkylation sites (tertiary alicyclic amines) is 1. The Bertz CT molecular complexity index is 529. The second-order valence-corrected chi connectivity index (χ2v) is 6.31. The lowest BCUT2D eigenvalue weighted by atomic mass is 9.85. The molecule has 114 valence electrons. The van der Waals surface area contributed by atoms with E-state index in [-0.39, 0.29) is 5.91 Å². The zero-order chi connectivity index (χ0) is 14.8. The average Bonchev–Trinajstić information content (AvgIpc) is 2.90. The van der Waals surface area contributed by atoms with E-state index in [0.717, 1.165) is 36.1 Å². The number of carbonyl (C=O) groups excluding carboxylic acids is 1. The summed E-state index contributed by atoms with van der Waals surface area (Å²) in [7, 11) is 0. The predicted molar refractivity (Wildman–Crippen MR) is 84.5 cm³/mol. The Morgan fingerprint density at radius 1 is 1.33 bits per heavy atom. The van der Waals surface area contributed by atoms with Gasteiger partial charge in [-0.25, -0.2) is 4.98 Å². The minimum absolute atomic E-state index is 0.189. The molecule has 3 rings (SSSR count). The first kappa shape index (κ1) is 14.4. The van der Waals surface area contributed by atoms with Crippen molar-refractivity contribution in [2.45, 2.75) is 52.0 Å². The Balaban J connectivity index is 1.81. The van der Waals surface area contributed by atoms with Gasteiger partial charge in [-0.05, 0) is 51.2 Å². The second kappa shape index (κ2) is 6.04. The molecule has 21 heavy (non-hydrogen) atoms. The lowest BCUT2D eigenvalue weighted by Crippen LogP contribution is -2.39. The standard InChI is InChI=1S/C17H25N3O/c1-3-18-16-11-14(10-12(2)19-16)17(21)20-9-8-13-6-4-5-7-15(13)20/h10-11,13,15H,3-9H2,1-2H3,(H,18,19). The molecule has 0 radical (unpaired) electrons. The Labute approximate surface area is 126 Å². The molecule has 1 saturated carbocycles. The number of carbonyl (C=O) groups is 1. The van der Waals surface area contributed by atoms with E-state index in [2.05, 4.69) is 15.2 Å². The Kier molecular flexibility index (Phi) is 4.13. The van der Waals surface area contributed by atoms with Crippen LogP contribution in [-0.2, 0) is 0 Å². The van der Waals surface area contributed by atoms with Crippen molar-refractivity contribution in [2.24, 2.45) is 5.92 Å². The fraction of sp³-hybridized carbons (Fsp3) is 0.647. The van der Waals surface area contributed by atoms with Gasteiger partial charge in [-0.2, -0.15) is 0 Å². The molecule has 1 saturated heterocycles. The molecule has 2 atom stereocenters. The van der Waals surface area contributed by atoms with Gasteiger partial charge >= 0.3 is 0 Å². The predicted octanol–water partition coefficient (Wildman–Crippen LogP) is 3.23. The summed E-state index contributed by atoms with van der Waals surface area (Å²) in [6.45, 7) is 5.73. The van der Waals surface area contributed by atoms with Crippen molar-refractivity contribution >= 4 is 11.7 Å². The molecule has 0 spiro atoms. The number of rotatable bonds is 3. The van der Waals surface area contributed by atoms with Gasteiger partial charge in [-0.3, -0.25) is 4.79 Å². The van der Waals surface area contributed by atoms with Gasteiger partial charge in [0.25, 0.3) is 5.91 Å². The highest BCUT2D eigenvalue weighted by Crippen LogP contribution is 2.36. The summed E-state index contributed by atoms with van der Waals surface area (Å²) in [5.41, 5.74) is 1.68. The first-order chi connectivity index (χ1) is 10.2. The number of nitrogens with zero attached hydrogens (tertiary/aromatic N) is 2. The summed E-state index contributed by atoms with van der Waals surface area (Å²) in [5, 5.41) is 3.21. The maximum Gasteiger partial charge on any atom is 0.254 e. The molecule has 1 amide bonds. The van der Waals surface area contributed by atoms with Crippen LogP contribution in [0.4, 0.5) is 5.82 Å². The fourth-order valence-electron chi connectivity index (χ4n) is 3.89. The maximum atomic E-state index is 12.9. The molecule has 1 aromatic rings. The summed E-state index contributed by atoms with van der Waals surface area (Å²) < 4.78 is 0. The molecular weight excluding hydrogens is 262 g/mol. The van der Waals surface area contributed by atoms with Crippen LogP contribution >= 0.6 is 0 Å². The van der Waals surface area contributed by atoms with E-state index in [1.807, 2.05) is 26.0 Å². The van der Waals surface area contributed by atoms with Crippen LogP contribution in [0.1, 0.15) is 55.1 Å². The summed E-state index contributed by atoms with van der Waals surface area (Å²) in [4.78, 5) is 19.4. The van der Waals surface area contributed by atoms with Gasteiger partial charge < -0.3 is 10.2 Å². The van der Waals surface area contributed by atoms with E-state index in [4.69, 9.17) is 0 Å². The van der Waals surface area contributed by atoms with Crippen LogP contribution in [0, 0.1) is 12.8 Å². The van der Waals surface area contributed by atoms with Gasteiger partial charge in [0.15, 0.2) is 0 Å². The van der Waals surface area contributed by atoms with E-state index in [1.165, 1.54) is 32.1 Å². The van der Waals surface area contributed by atoms with Crippen LogP contribution in [0.5, 0.6) is 0 Å². The van der Waals surface area contributed by atoms with Gasteiger partial charge in [0.05, 0.1) is 0 Å².